The summed E-state index contributed by atoms with van der Waals surface area (Å²) >= 11 is 21.9. The number of aromatic nitrogens is 2. The van der Waals surface area contributed by atoms with Gasteiger partial charge in [-0.05, 0) is 34.5 Å². The SMILES string of the molecule is CCCc1nc(-c2c(Cl)cccc2Cl)nc(Cl)c1Br. The Morgan fingerprint density at radius 1 is 1.11 bits per heavy atom. The van der Waals surface area contributed by atoms with E-state index in [1.54, 1.807) is 18.2 Å². The van der Waals surface area contributed by atoms with Crippen LogP contribution in [0.15, 0.2) is 22.7 Å². The molecule has 1 aromatic carbocycles. The Balaban J connectivity index is 2.63. The Hall–Kier alpha value is -0.350. The van der Waals surface area contributed by atoms with Gasteiger partial charge < -0.3 is 0 Å². The summed E-state index contributed by atoms with van der Waals surface area (Å²) in [6.45, 7) is 2.07. The van der Waals surface area contributed by atoms with E-state index in [-0.39, 0.29) is 0 Å². The van der Waals surface area contributed by atoms with Crippen LogP contribution >= 0.6 is 50.7 Å². The van der Waals surface area contributed by atoms with E-state index in [9.17, 15) is 0 Å². The highest BCUT2D eigenvalue weighted by molar-refractivity contribution is 9.10. The number of hydrogen-bond donors (Lipinski definition) is 0. The fourth-order valence-electron chi connectivity index (χ4n) is 1.69. The molecule has 0 saturated heterocycles. The third kappa shape index (κ3) is 3.22. The van der Waals surface area contributed by atoms with E-state index in [1.165, 1.54) is 0 Å². The molecule has 0 saturated carbocycles. The second-order valence-corrected chi connectivity index (χ2v) is 5.91. The fraction of sp³-hybridized carbons (Fsp3) is 0.231. The largest absolute Gasteiger partial charge is 0.232 e. The lowest BCUT2D eigenvalue weighted by Gasteiger charge is -2.10. The van der Waals surface area contributed by atoms with Gasteiger partial charge in [0.2, 0.25) is 0 Å². The summed E-state index contributed by atoms with van der Waals surface area (Å²) < 4.78 is 0.725. The van der Waals surface area contributed by atoms with Gasteiger partial charge in [0.15, 0.2) is 5.82 Å². The van der Waals surface area contributed by atoms with Crippen LogP contribution in [-0.4, -0.2) is 9.97 Å². The van der Waals surface area contributed by atoms with Crippen molar-refractivity contribution >= 4 is 50.7 Å². The predicted molar refractivity (Wildman–Crippen MR) is 84.2 cm³/mol. The lowest BCUT2D eigenvalue weighted by atomic mass is 10.2. The Morgan fingerprint density at radius 3 is 2.32 bits per heavy atom. The van der Waals surface area contributed by atoms with E-state index in [0.717, 1.165) is 23.0 Å². The zero-order valence-corrected chi connectivity index (χ0v) is 13.9. The summed E-state index contributed by atoms with van der Waals surface area (Å²) in [5, 5.41) is 1.38. The van der Waals surface area contributed by atoms with E-state index < -0.39 is 0 Å². The monoisotopic (exact) mass is 378 g/mol. The van der Waals surface area contributed by atoms with Crippen molar-refractivity contribution in [3.8, 4) is 11.4 Å². The molecule has 0 unspecified atom stereocenters. The fourth-order valence-corrected chi connectivity index (χ4v) is 2.82. The average molecular weight is 381 g/mol. The minimum atomic E-state index is 0.365. The molecule has 0 N–H and O–H groups in total. The van der Waals surface area contributed by atoms with Crippen molar-refractivity contribution in [3.05, 3.63) is 43.6 Å². The predicted octanol–water partition coefficient (Wildman–Crippen LogP) is 5.82. The van der Waals surface area contributed by atoms with Crippen LogP contribution in [0.3, 0.4) is 0 Å². The molecule has 19 heavy (non-hydrogen) atoms. The molecule has 2 nitrogen and oxygen atoms in total. The van der Waals surface area contributed by atoms with Gasteiger partial charge in [0.1, 0.15) is 5.15 Å². The molecular weight excluding hydrogens is 370 g/mol. The highest BCUT2D eigenvalue weighted by Crippen LogP contribution is 2.35. The zero-order chi connectivity index (χ0) is 14.0. The second-order valence-electron chi connectivity index (χ2n) is 3.95. The van der Waals surface area contributed by atoms with Gasteiger partial charge in [0.25, 0.3) is 0 Å². The van der Waals surface area contributed by atoms with Crippen LogP contribution in [0.1, 0.15) is 19.0 Å². The normalized spacial score (nSPS) is 10.8. The number of rotatable bonds is 3. The van der Waals surface area contributed by atoms with Crippen molar-refractivity contribution in [2.45, 2.75) is 19.8 Å². The maximum atomic E-state index is 6.17. The van der Waals surface area contributed by atoms with Gasteiger partial charge in [-0.3, -0.25) is 0 Å². The van der Waals surface area contributed by atoms with Crippen LogP contribution in [0, 0.1) is 0 Å². The van der Waals surface area contributed by atoms with Crippen LogP contribution in [0.25, 0.3) is 11.4 Å². The molecule has 1 aromatic heterocycles. The number of aryl methyl sites for hydroxylation is 1. The number of hydrogen-bond acceptors (Lipinski definition) is 2. The molecule has 0 radical (unpaired) electrons. The minimum absolute atomic E-state index is 0.365. The van der Waals surface area contributed by atoms with Crippen LogP contribution in [-0.2, 0) is 6.42 Å². The summed E-state index contributed by atoms with van der Waals surface area (Å²) in [5.41, 5.74) is 1.46. The topological polar surface area (TPSA) is 25.8 Å². The van der Waals surface area contributed by atoms with E-state index in [0.29, 0.717) is 26.6 Å². The summed E-state index contributed by atoms with van der Waals surface area (Å²) in [6.07, 6.45) is 1.76. The summed E-state index contributed by atoms with van der Waals surface area (Å²) in [7, 11) is 0. The first-order chi connectivity index (χ1) is 9.04. The first kappa shape index (κ1) is 15.0. The minimum Gasteiger partial charge on any atom is -0.232 e. The molecule has 0 bridgehead atoms. The molecule has 0 atom stereocenters. The molecule has 2 aromatic rings. The van der Waals surface area contributed by atoms with Crippen molar-refractivity contribution in [1.82, 2.24) is 9.97 Å². The van der Waals surface area contributed by atoms with Gasteiger partial charge in [-0.25, -0.2) is 9.97 Å². The molecule has 2 rings (SSSR count). The standard InChI is InChI=1S/C13H10BrCl3N2/c1-2-4-9-11(14)12(17)19-13(18-9)10-7(15)5-3-6-8(10)16/h3,5-6H,2,4H2,1H3. The number of benzene rings is 1. The van der Waals surface area contributed by atoms with Crippen LogP contribution in [0.5, 0.6) is 0 Å². The zero-order valence-electron chi connectivity index (χ0n) is 10.1. The quantitative estimate of drug-likeness (QED) is 0.627. The van der Waals surface area contributed by atoms with Crippen LogP contribution < -0.4 is 0 Å². The van der Waals surface area contributed by atoms with E-state index in [2.05, 4.69) is 32.8 Å². The molecule has 0 aliphatic heterocycles. The molecule has 1 heterocycles. The van der Waals surface area contributed by atoms with Gasteiger partial charge >= 0.3 is 0 Å². The Labute approximate surface area is 135 Å². The van der Waals surface area contributed by atoms with Crippen molar-refractivity contribution in [2.24, 2.45) is 0 Å². The van der Waals surface area contributed by atoms with Crippen LogP contribution in [0.2, 0.25) is 15.2 Å². The molecular formula is C13H10BrCl3N2. The van der Waals surface area contributed by atoms with Gasteiger partial charge in [-0.15, -0.1) is 0 Å². The molecule has 0 spiro atoms. The van der Waals surface area contributed by atoms with Crippen molar-refractivity contribution in [1.29, 1.82) is 0 Å². The maximum Gasteiger partial charge on any atom is 0.164 e. The van der Waals surface area contributed by atoms with Crippen LogP contribution in [0.4, 0.5) is 0 Å². The van der Waals surface area contributed by atoms with E-state index >= 15 is 0 Å². The van der Waals surface area contributed by atoms with Crippen molar-refractivity contribution in [3.63, 3.8) is 0 Å². The maximum absolute atomic E-state index is 6.17. The van der Waals surface area contributed by atoms with Crippen molar-refractivity contribution < 1.29 is 0 Å². The molecule has 0 amide bonds. The number of nitrogens with zero attached hydrogens (tertiary/aromatic N) is 2. The van der Waals surface area contributed by atoms with Gasteiger partial charge in [-0.1, -0.05) is 54.2 Å². The molecule has 0 fully saturated rings. The highest BCUT2D eigenvalue weighted by atomic mass is 79.9. The molecule has 6 heteroatoms. The smallest absolute Gasteiger partial charge is 0.164 e. The lowest BCUT2D eigenvalue weighted by Crippen LogP contribution is -1.99. The lowest BCUT2D eigenvalue weighted by molar-refractivity contribution is 0.868. The van der Waals surface area contributed by atoms with E-state index in [4.69, 9.17) is 34.8 Å². The molecule has 100 valence electrons. The second kappa shape index (κ2) is 6.40. The summed E-state index contributed by atoms with van der Waals surface area (Å²) in [6, 6.07) is 5.28. The Morgan fingerprint density at radius 2 is 1.74 bits per heavy atom. The summed E-state index contributed by atoms with van der Waals surface area (Å²) in [5.74, 6) is 0.451. The van der Waals surface area contributed by atoms with Gasteiger partial charge in [0.05, 0.1) is 25.8 Å². The third-order valence-corrected chi connectivity index (χ3v) is 4.52. The van der Waals surface area contributed by atoms with Gasteiger partial charge in [-0.2, -0.15) is 0 Å². The molecule has 0 aliphatic rings. The van der Waals surface area contributed by atoms with E-state index in [1.807, 2.05) is 0 Å². The van der Waals surface area contributed by atoms with Crippen molar-refractivity contribution in [2.75, 3.05) is 0 Å². The average Bonchev–Trinajstić information content (AvgIpc) is 2.35. The first-order valence-electron chi connectivity index (χ1n) is 5.71. The number of halogens is 4. The third-order valence-electron chi connectivity index (χ3n) is 2.55. The van der Waals surface area contributed by atoms with Gasteiger partial charge in [0, 0.05) is 0 Å². The highest BCUT2D eigenvalue weighted by Gasteiger charge is 2.16. The Bertz CT molecular complexity index is 597. The summed E-state index contributed by atoms with van der Waals surface area (Å²) in [4.78, 5) is 8.75. The molecule has 0 aliphatic carbocycles. The Kier molecular flexibility index (Phi) is 5.07. The first-order valence-corrected chi connectivity index (χ1v) is 7.63.